The Hall–Kier alpha value is -0.910. The van der Waals surface area contributed by atoms with Crippen molar-refractivity contribution in [3.63, 3.8) is 0 Å². The summed E-state index contributed by atoms with van der Waals surface area (Å²) in [7, 11) is -3.53. The van der Waals surface area contributed by atoms with Crippen LogP contribution in [0.25, 0.3) is 0 Å². The summed E-state index contributed by atoms with van der Waals surface area (Å²) >= 11 is 0. The lowest BCUT2D eigenvalue weighted by Gasteiger charge is -2.43. The summed E-state index contributed by atoms with van der Waals surface area (Å²) in [5, 5.41) is 2.36. The number of nitrogens with two attached hydrogens (primary N) is 1. The first-order chi connectivity index (χ1) is 10.7. The van der Waals surface area contributed by atoms with Crippen LogP contribution in [0.1, 0.15) is 62.8 Å². The summed E-state index contributed by atoms with van der Waals surface area (Å²) in [4.78, 5) is 0.463. The van der Waals surface area contributed by atoms with Crippen LogP contribution < -0.4 is 10.0 Å². The molecule has 1 aliphatic heterocycles. The third kappa shape index (κ3) is 4.01. The van der Waals surface area contributed by atoms with Gasteiger partial charge in [0.2, 0.25) is 10.0 Å². The Morgan fingerprint density at radius 2 is 1.38 bits per heavy atom. The Bertz CT molecular complexity index is 707. The zero-order chi connectivity index (χ0) is 18.5. The van der Waals surface area contributed by atoms with Gasteiger partial charge in [-0.05, 0) is 77.6 Å². The van der Waals surface area contributed by atoms with Gasteiger partial charge in [-0.1, -0.05) is 6.07 Å². The average Bonchev–Trinajstić information content (AvgIpc) is 2.31. The molecule has 1 aromatic carbocycles. The third-order valence-electron chi connectivity index (χ3n) is 5.21. The van der Waals surface area contributed by atoms with Crippen LogP contribution in [0.2, 0.25) is 0 Å². The molecule has 0 aliphatic carbocycles. The lowest BCUT2D eigenvalue weighted by molar-refractivity contribution is -0.787. The van der Waals surface area contributed by atoms with Crippen molar-refractivity contribution >= 4 is 10.0 Å². The van der Waals surface area contributed by atoms with Crippen LogP contribution in [0.4, 0.5) is 0 Å². The molecule has 0 saturated carbocycles. The smallest absolute Gasteiger partial charge is 0.241 e. The van der Waals surface area contributed by atoms with Crippen LogP contribution in [0.15, 0.2) is 11.0 Å². The molecule has 0 unspecified atom stereocenters. The van der Waals surface area contributed by atoms with Crippen molar-refractivity contribution in [1.29, 1.82) is 0 Å². The van der Waals surface area contributed by atoms with Crippen LogP contribution in [-0.4, -0.2) is 25.5 Å². The second kappa shape index (κ2) is 6.11. The number of hydrogen-bond acceptors (Lipinski definition) is 2. The summed E-state index contributed by atoms with van der Waals surface area (Å²) in [6, 6.07) is 2.02. The topological polar surface area (TPSA) is 62.8 Å². The SMILES string of the molecule is Cc1cc(C)c(C)c(S(=O)(=O)NC2CC(C)(C)[NH2+]C(C)(C)C2)c1C. The van der Waals surface area contributed by atoms with E-state index < -0.39 is 10.0 Å². The van der Waals surface area contributed by atoms with Crippen molar-refractivity contribution < 1.29 is 13.7 Å². The Labute approximate surface area is 147 Å². The first-order valence-electron chi connectivity index (χ1n) is 8.71. The van der Waals surface area contributed by atoms with Crippen LogP contribution in [0.3, 0.4) is 0 Å². The number of sulfonamides is 1. The first-order valence-corrected chi connectivity index (χ1v) is 10.2. The number of rotatable bonds is 3. The maximum Gasteiger partial charge on any atom is 0.241 e. The van der Waals surface area contributed by atoms with Crippen LogP contribution in [0, 0.1) is 27.7 Å². The number of nitrogens with one attached hydrogen (secondary N) is 1. The molecule has 1 fully saturated rings. The molecule has 24 heavy (non-hydrogen) atoms. The predicted octanol–water partition coefficient (Wildman–Crippen LogP) is 2.48. The molecule has 0 spiro atoms. The van der Waals surface area contributed by atoms with Gasteiger partial charge in [0.25, 0.3) is 0 Å². The zero-order valence-corrected chi connectivity index (χ0v) is 17.2. The monoisotopic (exact) mass is 353 g/mol. The molecular formula is C19H33N2O2S+. The minimum atomic E-state index is -3.53. The van der Waals surface area contributed by atoms with Gasteiger partial charge in [-0.25, -0.2) is 13.1 Å². The minimum Gasteiger partial charge on any atom is -0.337 e. The van der Waals surface area contributed by atoms with Gasteiger partial charge >= 0.3 is 0 Å². The highest BCUT2D eigenvalue weighted by atomic mass is 32.2. The Kier molecular flexibility index (Phi) is 4.95. The van der Waals surface area contributed by atoms with E-state index in [9.17, 15) is 8.42 Å². The summed E-state index contributed by atoms with van der Waals surface area (Å²) < 4.78 is 29.3. The van der Waals surface area contributed by atoms with E-state index in [1.165, 1.54) is 0 Å². The fourth-order valence-corrected chi connectivity index (χ4v) is 6.31. The number of aryl methyl sites for hydroxylation is 2. The van der Waals surface area contributed by atoms with Gasteiger partial charge in [-0.15, -0.1) is 0 Å². The molecule has 0 atom stereocenters. The molecule has 0 radical (unpaired) electrons. The fraction of sp³-hybridized carbons (Fsp3) is 0.684. The lowest BCUT2D eigenvalue weighted by Crippen LogP contribution is -3.06. The van der Waals surface area contributed by atoms with Crippen molar-refractivity contribution in [3.05, 3.63) is 28.3 Å². The summed E-state index contributed by atoms with van der Waals surface area (Å²) in [5.41, 5.74) is 3.81. The van der Waals surface area contributed by atoms with Gasteiger partial charge in [-0.3, -0.25) is 0 Å². The van der Waals surface area contributed by atoms with Crippen molar-refractivity contribution in [2.75, 3.05) is 0 Å². The molecule has 3 N–H and O–H groups in total. The van der Waals surface area contributed by atoms with Crippen LogP contribution in [0.5, 0.6) is 0 Å². The largest absolute Gasteiger partial charge is 0.337 e. The molecule has 4 nitrogen and oxygen atoms in total. The number of benzene rings is 1. The normalized spacial score (nSPS) is 21.0. The zero-order valence-electron chi connectivity index (χ0n) is 16.4. The van der Waals surface area contributed by atoms with E-state index in [4.69, 9.17) is 0 Å². The van der Waals surface area contributed by atoms with Gasteiger partial charge in [0.1, 0.15) is 0 Å². The second-order valence-electron chi connectivity index (χ2n) is 8.94. The molecule has 1 aliphatic rings. The van der Waals surface area contributed by atoms with Crippen molar-refractivity contribution in [2.24, 2.45) is 0 Å². The molecule has 2 rings (SSSR count). The highest BCUT2D eigenvalue weighted by molar-refractivity contribution is 7.89. The summed E-state index contributed by atoms with van der Waals surface area (Å²) in [6.45, 7) is 16.5. The molecule has 0 bridgehead atoms. The number of hydrogen-bond donors (Lipinski definition) is 2. The van der Waals surface area contributed by atoms with E-state index in [-0.39, 0.29) is 17.1 Å². The number of quaternary nitrogens is 1. The Balaban J connectivity index is 2.40. The van der Waals surface area contributed by atoms with Gasteiger partial charge in [-0.2, -0.15) is 0 Å². The summed E-state index contributed by atoms with van der Waals surface area (Å²) in [6.07, 6.45) is 1.66. The van der Waals surface area contributed by atoms with E-state index in [1.807, 2.05) is 27.7 Å². The van der Waals surface area contributed by atoms with E-state index in [1.54, 1.807) is 0 Å². The van der Waals surface area contributed by atoms with Gasteiger partial charge in [0.05, 0.1) is 16.0 Å². The molecule has 136 valence electrons. The standard InChI is InChI=1S/C19H32N2O2S/c1-12-9-13(2)15(4)17(14(12)3)24(22,23)20-16-10-18(5,6)21-19(7,8)11-16/h9,16,20-21H,10-11H2,1-8H3/p+1. The molecule has 1 saturated heterocycles. The van der Waals surface area contributed by atoms with E-state index in [0.717, 1.165) is 35.1 Å². The molecule has 0 amide bonds. The maximum absolute atomic E-state index is 13.1. The highest BCUT2D eigenvalue weighted by Gasteiger charge is 2.43. The molecule has 1 aromatic rings. The van der Waals surface area contributed by atoms with Gasteiger partial charge in [0.15, 0.2) is 0 Å². The predicted molar refractivity (Wildman–Crippen MR) is 98.8 cm³/mol. The average molecular weight is 354 g/mol. The second-order valence-corrected chi connectivity index (χ2v) is 10.6. The van der Waals surface area contributed by atoms with Crippen LogP contribution in [-0.2, 0) is 10.0 Å². The molecule has 5 heteroatoms. The van der Waals surface area contributed by atoms with Gasteiger partial charge in [0, 0.05) is 18.9 Å². The third-order valence-corrected chi connectivity index (χ3v) is 7.01. The van der Waals surface area contributed by atoms with Crippen LogP contribution >= 0.6 is 0 Å². The van der Waals surface area contributed by atoms with E-state index in [0.29, 0.717) is 4.90 Å². The van der Waals surface area contributed by atoms with Crippen molar-refractivity contribution in [3.8, 4) is 0 Å². The van der Waals surface area contributed by atoms with Crippen molar-refractivity contribution in [1.82, 2.24) is 4.72 Å². The molecule has 0 aromatic heterocycles. The van der Waals surface area contributed by atoms with Crippen molar-refractivity contribution in [2.45, 2.75) is 90.2 Å². The quantitative estimate of drug-likeness (QED) is 0.877. The lowest BCUT2D eigenvalue weighted by atomic mass is 9.80. The summed E-state index contributed by atoms with van der Waals surface area (Å²) in [5.74, 6) is 0. The highest BCUT2D eigenvalue weighted by Crippen LogP contribution is 2.28. The van der Waals surface area contributed by atoms with E-state index in [2.05, 4.69) is 43.8 Å². The molecule has 1 heterocycles. The fourth-order valence-electron chi connectivity index (χ4n) is 4.46. The van der Waals surface area contributed by atoms with E-state index >= 15 is 0 Å². The Morgan fingerprint density at radius 3 is 1.79 bits per heavy atom. The Morgan fingerprint density at radius 1 is 0.958 bits per heavy atom. The maximum atomic E-state index is 13.1. The van der Waals surface area contributed by atoms with Gasteiger partial charge < -0.3 is 5.32 Å². The minimum absolute atomic E-state index is 0.0293. The number of piperidine rings is 1. The molecular weight excluding hydrogens is 320 g/mol. The first kappa shape index (κ1) is 19.4.